The van der Waals surface area contributed by atoms with Gasteiger partial charge in [0.2, 0.25) is 35.4 Å². The van der Waals surface area contributed by atoms with Crippen LogP contribution in [-0.4, -0.2) is 116 Å². The Bertz CT molecular complexity index is 1920. The number of aryl methyl sites for hydroxylation is 2. The third kappa shape index (κ3) is 12.6. The average Bonchev–Trinajstić information content (AvgIpc) is 3.87. The van der Waals surface area contributed by atoms with Crippen molar-refractivity contribution >= 4 is 54.3 Å². The molecule has 6 rings (SSSR count). The first-order chi connectivity index (χ1) is 28.4. The molecule has 16 heteroatoms. The molecule has 3 aliphatic heterocycles. The van der Waals surface area contributed by atoms with Crippen molar-refractivity contribution in [2.24, 2.45) is 0 Å². The summed E-state index contributed by atoms with van der Waals surface area (Å²) in [7, 11) is 1.48. The molecule has 3 aliphatic rings. The van der Waals surface area contributed by atoms with Gasteiger partial charge < -0.3 is 18.9 Å². The quantitative estimate of drug-likeness (QED) is 0.140. The number of carbonyl (C=O) groups excluding carboxylic acids is 9. The summed E-state index contributed by atoms with van der Waals surface area (Å²) in [6, 6.07) is 15.1. The molecule has 0 spiro atoms. The number of amides is 6. The summed E-state index contributed by atoms with van der Waals surface area (Å²) in [5.74, 6) is 1.39. The molecular formula is C43H47N3O13. The van der Waals surface area contributed by atoms with Gasteiger partial charge in [0.15, 0.2) is 11.5 Å². The molecule has 6 amide bonds. The van der Waals surface area contributed by atoms with Crippen molar-refractivity contribution in [1.29, 1.82) is 0 Å². The van der Waals surface area contributed by atoms with Crippen LogP contribution in [0, 0.1) is 6.92 Å². The molecule has 0 unspecified atom stereocenters. The Morgan fingerprint density at radius 3 is 1.24 bits per heavy atom. The van der Waals surface area contributed by atoms with E-state index in [2.05, 4.69) is 0 Å². The highest BCUT2D eigenvalue weighted by atomic mass is 16.5. The van der Waals surface area contributed by atoms with Gasteiger partial charge in [-0.1, -0.05) is 6.92 Å². The lowest BCUT2D eigenvalue weighted by Crippen LogP contribution is -2.33. The predicted octanol–water partition coefficient (Wildman–Crippen LogP) is 3.96. The summed E-state index contributed by atoms with van der Waals surface area (Å²) in [6.07, 6.45) is 4.78. The van der Waals surface area contributed by atoms with E-state index in [0.717, 1.165) is 30.1 Å². The maximum absolute atomic E-state index is 11.4. The number of methoxy groups -OCH3 is 1. The normalized spacial score (nSPS) is 14.7. The van der Waals surface area contributed by atoms with Gasteiger partial charge in [-0.25, -0.2) is 0 Å². The van der Waals surface area contributed by atoms with Crippen LogP contribution in [0.2, 0.25) is 0 Å². The number of hydrogen-bond acceptors (Lipinski definition) is 13. The fourth-order valence-corrected chi connectivity index (χ4v) is 6.23. The number of nitrogens with zero attached hydrogens (tertiary/aromatic N) is 3. The maximum atomic E-state index is 11.4. The van der Waals surface area contributed by atoms with E-state index >= 15 is 0 Å². The van der Waals surface area contributed by atoms with E-state index in [1.54, 1.807) is 54.6 Å². The lowest BCUT2D eigenvalue weighted by molar-refractivity contribution is -0.140. The number of hydrogen-bond donors (Lipinski definition) is 0. The van der Waals surface area contributed by atoms with Gasteiger partial charge in [0.25, 0.3) is 0 Å². The van der Waals surface area contributed by atoms with Crippen molar-refractivity contribution in [1.82, 2.24) is 14.7 Å². The minimum atomic E-state index is -0.165. The SMILES string of the molecule is CCc1cc(C=O)ccc1OCCN1C(=O)CCC1=O.COc1cc(C=O)ccc1OCCN1C(=O)CCC1=O.Cc1cc(C=O)ccc1OCCN1C(=O)CCC1=O. The van der Waals surface area contributed by atoms with Crippen LogP contribution < -0.4 is 18.9 Å². The summed E-state index contributed by atoms with van der Waals surface area (Å²) in [4.78, 5) is 104. The van der Waals surface area contributed by atoms with Crippen LogP contribution in [0.4, 0.5) is 0 Å². The van der Waals surface area contributed by atoms with Crippen LogP contribution in [0.1, 0.15) is 87.6 Å². The Balaban J connectivity index is 0.000000196. The number of benzene rings is 3. The summed E-state index contributed by atoms with van der Waals surface area (Å²) in [5.41, 5.74) is 3.48. The number of carbonyl (C=O) groups is 9. The second kappa shape index (κ2) is 22.3. The Morgan fingerprint density at radius 1 is 0.492 bits per heavy atom. The van der Waals surface area contributed by atoms with Crippen LogP contribution in [0.3, 0.4) is 0 Å². The molecule has 0 aliphatic carbocycles. The zero-order valence-corrected chi connectivity index (χ0v) is 33.3. The van der Waals surface area contributed by atoms with E-state index in [0.29, 0.717) is 71.7 Å². The molecule has 3 aromatic carbocycles. The summed E-state index contributed by atoms with van der Waals surface area (Å²) in [6.45, 7) is 5.30. The lowest BCUT2D eigenvalue weighted by atomic mass is 10.1. The summed E-state index contributed by atoms with van der Waals surface area (Å²) < 4.78 is 21.8. The van der Waals surface area contributed by atoms with E-state index in [1.807, 2.05) is 13.8 Å². The van der Waals surface area contributed by atoms with E-state index in [9.17, 15) is 43.2 Å². The van der Waals surface area contributed by atoms with Gasteiger partial charge in [-0.05, 0) is 79.1 Å². The van der Waals surface area contributed by atoms with Gasteiger partial charge >= 0.3 is 0 Å². The van der Waals surface area contributed by atoms with E-state index < -0.39 is 0 Å². The van der Waals surface area contributed by atoms with Gasteiger partial charge in [-0.15, -0.1) is 0 Å². The number of imide groups is 3. The lowest BCUT2D eigenvalue weighted by Gasteiger charge is -2.15. The first kappa shape index (κ1) is 45.0. The Kier molecular flexibility index (Phi) is 17.0. The number of rotatable bonds is 17. The molecule has 3 saturated heterocycles. The number of aldehydes is 3. The molecule has 3 heterocycles. The van der Waals surface area contributed by atoms with Crippen molar-refractivity contribution in [2.45, 2.75) is 58.8 Å². The first-order valence-electron chi connectivity index (χ1n) is 19.1. The van der Waals surface area contributed by atoms with Crippen molar-refractivity contribution in [2.75, 3.05) is 46.6 Å². The highest BCUT2D eigenvalue weighted by Crippen LogP contribution is 2.28. The summed E-state index contributed by atoms with van der Waals surface area (Å²) in [5, 5.41) is 0. The van der Waals surface area contributed by atoms with Gasteiger partial charge in [-0.2, -0.15) is 0 Å². The largest absolute Gasteiger partial charge is 0.493 e. The molecule has 0 aromatic heterocycles. The minimum Gasteiger partial charge on any atom is -0.493 e. The van der Waals surface area contributed by atoms with Gasteiger partial charge in [-0.3, -0.25) is 57.9 Å². The van der Waals surface area contributed by atoms with E-state index in [1.165, 1.54) is 21.8 Å². The Labute approximate surface area is 341 Å². The van der Waals surface area contributed by atoms with Crippen molar-refractivity contribution < 1.29 is 62.1 Å². The van der Waals surface area contributed by atoms with E-state index in [4.69, 9.17) is 18.9 Å². The zero-order valence-electron chi connectivity index (χ0n) is 33.3. The zero-order chi connectivity index (χ0) is 42.9. The van der Waals surface area contributed by atoms with Crippen LogP contribution in [0.25, 0.3) is 0 Å². The second-order valence-electron chi connectivity index (χ2n) is 13.4. The van der Waals surface area contributed by atoms with Gasteiger partial charge in [0.05, 0.1) is 26.7 Å². The predicted molar refractivity (Wildman–Crippen MR) is 211 cm³/mol. The van der Waals surface area contributed by atoms with Crippen molar-refractivity contribution in [3.8, 4) is 23.0 Å². The molecule has 59 heavy (non-hydrogen) atoms. The second-order valence-corrected chi connectivity index (χ2v) is 13.4. The average molecular weight is 814 g/mol. The first-order valence-corrected chi connectivity index (χ1v) is 19.1. The maximum Gasteiger partial charge on any atom is 0.229 e. The van der Waals surface area contributed by atoms with Crippen LogP contribution in [0.15, 0.2) is 54.6 Å². The Morgan fingerprint density at radius 2 is 0.847 bits per heavy atom. The highest BCUT2D eigenvalue weighted by molar-refractivity contribution is 6.03. The number of likely N-dealkylation sites (tertiary alicyclic amines) is 3. The minimum absolute atomic E-state index is 0.134. The summed E-state index contributed by atoms with van der Waals surface area (Å²) >= 11 is 0. The van der Waals surface area contributed by atoms with Crippen LogP contribution in [0.5, 0.6) is 23.0 Å². The molecule has 3 fully saturated rings. The third-order valence-corrected chi connectivity index (χ3v) is 9.44. The third-order valence-electron chi connectivity index (χ3n) is 9.44. The molecule has 0 N–H and O–H groups in total. The smallest absolute Gasteiger partial charge is 0.229 e. The van der Waals surface area contributed by atoms with Crippen LogP contribution in [-0.2, 0) is 35.2 Å². The standard InChI is InChI=1S/C15H17NO4.C14H15NO5.C14H15NO4/c1-2-12-9-11(10-17)3-4-13(12)20-8-7-16-14(18)5-6-15(16)19;1-19-12-8-10(9-16)2-3-11(12)20-7-6-15-13(17)4-5-14(15)18;1-10-8-11(9-16)2-3-12(10)19-7-6-15-13(17)4-5-14(15)18/h3-4,9-10H,2,5-8H2,1H3;2-3,8-9H,4-7H2,1H3;2-3,8-9H,4-7H2,1H3. The molecule has 16 nitrogen and oxygen atoms in total. The van der Waals surface area contributed by atoms with Crippen molar-refractivity contribution in [3.05, 3.63) is 82.4 Å². The molecule has 0 bridgehead atoms. The molecule has 0 saturated carbocycles. The molecule has 0 atom stereocenters. The molecule has 0 radical (unpaired) electrons. The van der Waals surface area contributed by atoms with Crippen LogP contribution >= 0.6 is 0 Å². The monoisotopic (exact) mass is 813 g/mol. The van der Waals surface area contributed by atoms with Gasteiger partial charge in [0, 0.05) is 55.2 Å². The highest BCUT2D eigenvalue weighted by Gasteiger charge is 2.30. The molecular weight excluding hydrogens is 766 g/mol. The topological polar surface area (TPSA) is 200 Å². The fourth-order valence-electron chi connectivity index (χ4n) is 6.23. The fraction of sp³-hybridized carbons (Fsp3) is 0.372. The van der Waals surface area contributed by atoms with Gasteiger partial charge in [0.1, 0.15) is 50.2 Å². The van der Waals surface area contributed by atoms with E-state index in [-0.39, 0.29) is 87.7 Å². The molecule has 3 aromatic rings. The van der Waals surface area contributed by atoms with Crippen molar-refractivity contribution in [3.63, 3.8) is 0 Å². The molecule has 312 valence electrons. The number of ether oxygens (including phenoxy) is 4. The Hall–Kier alpha value is -6.71.